The molecule has 0 spiro atoms. The summed E-state index contributed by atoms with van der Waals surface area (Å²) in [6.07, 6.45) is 0. The lowest BCUT2D eigenvalue weighted by Gasteiger charge is -2.10. The first-order valence-electron chi connectivity index (χ1n) is 8.64. The van der Waals surface area contributed by atoms with Gasteiger partial charge in [-0.3, -0.25) is 0 Å². The van der Waals surface area contributed by atoms with Crippen LogP contribution in [-0.2, 0) is 10.0 Å². The molecule has 0 aliphatic rings. The van der Waals surface area contributed by atoms with Crippen molar-refractivity contribution in [3.05, 3.63) is 72.5 Å². The molecule has 1 heterocycles. The number of fused-ring (bicyclic) bond motifs is 1. The Balaban J connectivity index is 1.71. The van der Waals surface area contributed by atoms with E-state index in [9.17, 15) is 12.8 Å². The second kappa shape index (κ2) is 6.85. The van der Waals surface area contributed by atoms with Gasteiger partial charge in [-0.2, -0.15) is 0 Å². The maximum absolute atomic E-state index is 14.0. The minimum atomic E-state index is -3.51. The van der Waals surface area contributed by atoms with Crippen LogP contribution < -0.4 is 0 Å². The van der Waals surface area contributed by atoms with E-state index in [1.165, 1.54) is 24.5 Å². The maximum Gasteiger partial charge on any atom is 0.242 e. The van der Waals surface area contributed by atoms with Gasteiger partial charge in [-0.25, -0.2) is 22.1 Å². The molecular formula is C21H18FN3O2S. The van der Waals surface area contributed by atoms with E-state index in [1.54, 1.807) is 36.4 Å². The Hall–Kier alpha value is -3.03. The maximum atomic E-state index is 14.0. The molecular weight excluding hydrogens is 377 g/mol. The highest BCUT2D eigenvalue weighted by molar-refractivity contribution is 7.89. The number of halogens is 1. The van der Waals surface area contributed by atoms with Crippen molar-refractivity contribution in [2.45, 2.75) is 4.90 Å². The van der Waals surface area contributed by atoms with Gasteiger partial charge in [-0.15, -0.1) is 0 Å². The Bertz CT molecular complexity index is 1260. The summed E-state index contributed by atoms with van der Waals surface area (Å²) in [5.74, 6) is 0.350. The topological polar surface area (TPSA) is 66.1 Å². The molecule has 0 unspecified atom stereocenters. The van der Waals surface area contributed by atoms with Gasteiger partial charge in [-0.1, -0.05) is 42.5 Å². The van der Waals surface area contributed by atoms with E-state index in [0.717, 1.165) is 11.1 Å². The second-order valence-corrected chi connectivity index (χ2v) is 8.76. The standard InChI is InChI=1S/C21H18FN3O2S/c1-25(2)28(26,27)16-11-12-19-20(13-16)24-21(23-19)15-9-7-14(8-10-15)17-5-3-4-6-18(17)22/h3-13H,1-2H3,(H,23,24). The molecule has 142 valence electrons. The molecule has 0 fully saturated rings. The summed E-state index contributed by atoms with van der Waals surface area (Å²) in [5.41, 5.74) is 3.45. The van der Waals surface area contributed by atoms with E-state index in [1.807, 2.05) is 24.3 Å². The zero-order valence-corrected chi connectivity index (χ0v) is 16.2. The minimum absolute atomic E-state index is 0.204. The number of sulfonamides is 1. The van der Waals surface area contributed by atoms with E-state index >= 15 is 0 Å². The lowest BCUT2D eigenvalue weighted by atomic mass is 10.0. The number of nitrogens with one attached hydrogen (secondary N) is 1. The van der Waals surface area contributed by atoms with Crippen molar-refractivity contribution in [2.75, 3.05) is 14.1 Å². The van der Waals surface area contributed by atoms with Gasteiger partial charge in [0.1, 0.15) is 11.6 Å². The number of aromatic nitrogens is 2. The summed E-state index contributed by atoms with van der Waals surface area (Å²) in [5, 5.41) is 0. The number of H-pyrrole nitrogens is 1. The van der Waals surface area contributed by atoms with E-state index < -0.39 is 10.0 Å². The molecule has 7 heteroatoms. The van der Waals surface area contributed by atoms with Crippen LogP contribution in [0.4, 0.5) is 4.39 Å². The molecule has 0 saturated heterocycles. The molecule has 4 rings (SSSR count). The average Bonchev–Trinajstić information content (AvgIpc) is 3.12. The molecule has 3 aromatic carbocycles. The fourth-order valence-electron chi connectivity index (χ4n) is 3.00. The monoisotopic (exact) mass is 395 g/mol. The van der Waals surface area contributed by atoms with Crippen LogP contribution in [-0.4, -0.2) is 36.8 Å². The molecule has 0 atom stereocenters. The van der Waals surface area contributed by atoms with Gasteiger partial charge in [-0.05, 0) is 29.8 Å². The lowest BCUT2D eigenvalue weighted by Crippen LogP contribution is -2.22. The van der Waals surface area contributed by atoms with E-state index in [2.05, 4.69) is 9.97 Å². The van der Waals surface area contributed by atoms with Crippen LogP contribution in [0.2, 0.25) is 0 Å². The molecule has 5 nitrogen and oxygen atoms in total. The zero-order valence-electron chi connectivity index (χ0n) is 15.3. The predicted octanol–water partition coefficient (Wildman–Crippen LogP) is 4.29. The normalized spacial score (nSPS) is 12.0. The molecule has 0 radical (unpaired) electrons. The van der Waals surface area contributed by atoms with Gasteiger partial charge < -0.3 is 4.98 Å². The quantitative estimate of drug-likeness (QED) is 0.561. The highest BCUT2D eigenvalue weighted by Crippen LogP contribution is 2.27. The predicted molar refractivity (Wildman–Crippen MR) is 108 cm³/mol. The summed E-state index contributed by atoms with van der Waals surface area (Å²) in [4.78, 5) is 7.90. The van der Waals surface area contributed by atoms with E-state index in [0.29, 0.717) is 22.4 Å². The third-order valence-corrected chi connectivity index (χ3v) is 6.39. The first-order chi connectivity index (χ1) is 13.4. The smallest absolute Gasteiger partial charge is 0.242 e. The number of imidazole rings is 1. The van der Waals surface area contributed by atoms with Crippen molar-refractivity contribution >= 4 is 21.1 Å². The third-order valence-electron chi connectivity index (χ3n) is 4.58. The second-order valence-electron chi connectivity index (χ2n) is 6.61. The summed E-state index contributed by atoms with van der Waals surface area (Å²) in [6.45, 7) is 0. The molecule has 4 aromatic rings. The van der Waals surface area contributed by atoms with E-state index in [-0.39, 0.29) is 10.7 Å². The highest BCUT2D eigenvalue weighted by Gasteiger charge is 2.18. The van der Waals surface area contributed by atoms with Crippen LogP contribution in [0.1, 0.15) is 0 Å². The number of aromatic amines is 1. The van der Waals surface area contributed by atoms with Crippen molar-refractivity contribution in [2.24, 2.45) is 0 Å². The Labute approximate surface area is 162 Å². The van der Waals surface area contributed by atoms with Gasteiger partial charge in [0.2, 0.25) is 10.0 Å². The zero-order chi connectivity index (χ0) is 19.9. The highest BCUT2D eigenvalue weighted by atomic mass is 32.2. The average molecular weight is 395 g/mol. The van der Waals surface area contributed by atoms with Crippen molar-refractivity contribution in [3.63, 3.8) is 0 Å². The summed E-state index contributed by atoms with van der Waals surface area (Å²) < 4.78 is 39.8. The van der Waals surface area contributed by atoms with Crippen LogP contribution in [0.3, 0.4) is 0 Å². The van der Waals surface area contributed by atoms with Crippen LogP contribution in [0.15, 0.2) is 71.6 Å². The van der Waals surface area contributed by atoms with Gasteiger partial charge in [0.15, 0.2) is 0 Å². The molecule has 0 saturated carbocycles. The van der Waals surface area contributed by atoms with Gasteiger partial charge in [0, 0.05) is 25.2 Å². The summed E-state index contributed by atoms with van der Waals surface area (Å²) >= 11 is 0. The minimum Gasteiger partial charge on any atom is -0.338 e. The lowest BCUT2D eigenvalue weighted by molar-refractivity contribution is 0.521. The van der Waals surface area contributed by atoms with Crippen molar-refractivity contribution in [3.8, 4) is 22.5 Å². The Morgan fingerprint density at radius 1 is 0.929 bits per heavy atom. The number of benzene rings is 3. The molecule has 1 N–H and O–H groups in total. The van der Waals surface area contributed by atoms with Crippen molar-refractivity contribution < 1.29 is 12.8 Å². The number of rotatable bonds is 4. The molecule has 0 bridgehead atoms. The van der Waals surface area contributed by atoms with Crippen LogP contribution in [0.5, 0.6) is 0 Å². The van der Waals surface area contributed by atoms with Crippen molar-refractivity contribution in [1.82, 2.24) is 14.3 Å². The number of nitrogens with zero attached hydrogens (tertiary/aromatic N) is 2. The Morgan fingerprint density at radius 2 is 1.61 bits per heavy atom. The summed E-state index contributed by atoms with van der Waals surface area (Å²) in [6, 6.07) is 18.8. The van der Waals surface area contributed by atoms with Crippen LogP contribution in [0, 0.1) is 5.82 Å². The fourth-order valence-corrected chi connectivity index (χ4v) is 3.93. The van der Waals surface area contributed by atoms with Gasteiger partial charge in [0.05, 0.1) is 15.9 Å². The van der Waals surface area contributed by atoms with E-state index in [4.69, 9.17) is 0 Å². The first-order valence-corrected chi connectivity index (χ1v) is 10.1. The number of hydrogen-bond acceptors (Lipinski definition) is 3. The molecule has 0 amide bonds. The SMILES string of the molecule is CN(C)S(=O)(=O)c1ccc2nc(-c3ccc(-c4ccccc4F)cc3)[nH]c2c1. The van der Waals surface area contributed by atoms with Crippen LogP contribution in [0.25, 0.3) is 33.5 Å². The van der Waals surface area contributed by atoms with Crippen molar-refractivity contribution in [1.29, 1.82) is 0 Å². The Kier molecular flexibility index (Phi) is 4.49. The summed E-state index contributed by atoms with van der Waals surface area (Å²) in [7, 11) is -0.524. The van der Waals surface area contributed by atoms with Gasteiger partial charge in [0.25, 0.3) is 0 Å². The molecule has 0 aliphatic carbocycles. The fraction of sp³-hybridized carbons (Fsp3) is 0.0952. The Morgan fingerprint density at radius 3 is 2.29 bits per heavy atom. The molecule has 28 heavy (non-hydrogen) atoms. The first kappa shape index (κ1) is 18.3. The number of hydrogen-bond donors (Lipinski definition) is 1. The largest absolute Gasteiger partial charge is 0.338 e. The third kappa shape index (κ3) is 3.19. The van der Waals surface area contributed by atoms with Gasteiger partial charge >= 0.3 is 0 Å². The van der Waals surface area contributed by atoms with Crippen LogP contribution >= 0.6 is 0 Å². The molecule has 0 aliphatic heterocycles. The molecule has 1 aromatic heterocycles.